The van der Waals surface area contributed by atoms with E-state index in [0.717, 1.165) is 26.1 Å². The molecule has 0 aromatic carbocycles. The van der Waals surface area contributed by atoms with Crippen LogP contribution in [-0.2, 0) is 4.79 Å². The molecule has 0 spiro atoms. The molecule has 70 valence electrons. The molecule has 1 heterocycles. The summed E-state index contributed by atoms with van der Waals surface area (Å²) in [5, 5.41) is 6.13. The number of carbonyl (C=O) groups excluding carboxylic acids is 1. The summed E-state index contributed by atoms with van der Waals surface area (Å²) in [4.78, 5) is 11.4. The van der Waals surface area contributed by atoms with Gasteiger partial charge in [0, 0.05) is 13.1 Å². The van der Waals surface area contributed by atoms with Crippen molar-refractivity contribution in [2.45, 2.75) is 20.3 Å². The Hall–Kier alpha value is -0.570. The summed E-state index contributed by atoms with van der Waals surface area (Å²) < 4.78 is 0. The first kappa shape index (κ1) is 9.52. The lowest BCUT2D eigenvalue weighted by Crippen LogP contribution is -2.34. The Morgan fingerprint density at radius 1 is 1.67 bits per heavy atom. The summed E-state index contributed by atoms with van der Waals surface area (Å²) in [5.41, 5.74) is 0. The number of hydrogen-bond donors (Lipinski definition) is 2. The molecule has 1 amide bonds. The van der Waals surface area contributed by atoms with Crippen molar-refractivity contribution in [3.05, 3.63) is 0 Å². The fourth-order valence-electron chi connectivity index (χ4n) is 1.33. The lowest BCUT2D eigenvalue weighted by Gasteiger charge is -2.11. The first-order valence-corrected chi connectivity index (χ1v) is 4.68. The van der Waals surface area contributed by atoms with E-state index in [1.807, 2.05) is 0 Å². The third-order valence-corrected chi connectivity index (χ3v) is 2.12. The van der Waals surface area contributed by atoms with Crippen LogP contribution in [0.5, 0.6) is 0 Å². The summed E-state index contributed by atoms with van der Waals surface area (Å²) in [6, 6.07) is 0. The zero-order valence-electron chi connectivity index (χ0n) is 7.89. The SMILES string of the molecule is CC(C)CNC(=O)[C@H]1CCNC1. The van der Waals surface area contributed by atoms with Crippen molar-refractivity contribution in [2.75, 3.05) is 19.6 Å². The molecule has 0 bridgehead atoms. The van der Waals surface area contributed by atoms with E-state index in [4.69, 9.17) is 0 Å². The molecule has 0 aromatic rings. The molecule has 1 rings (SSSR count). The molecule has 3 nitrogen and oxygen atoms in total. The van der Waals surface area contributed by atoms with E-state index in [2.05, 4.69) is 24.5 Å². The van der Waals surface area contributed by atoms with E-state index in [-0.39, 0.29) is 11.8 Å². The van der Waals surface area contributed by atoms with Gasteiger partial charge in [0.15, 0.2) is 0 Å². The van der Waals surface area contributed by atoms with E-state index in [0.29, 0.717) is 5.92 Å². The molecule has 3 heteroatoms. The normalized spacial score (nSPS) is 23.1. The van der Waals surface area contributed by atoms with E-state index in [9.17, 15) is 4.79 Å². The van der Waals surface area contributed by atoms with Gasteiger partial charge in [-0.3, -0.25) is 4.79 Å². The molecule has 1 aliphatic heterocycles. The zero-order chi connectivity index (χ0) is 8.97. The van der Waals surface area contributed by atoms with Gasteiger partial charge in [0.05, 0.1) is 5.92 Å². The average Bonchev–Trinajstić information content (AvgIpc) is 2.51. The van der Waals surface area contributed by atoms with Crippen LogP contribution >= 0.6 is 0 Å². The second-order valence-electron chi connectivity index (χ2n) is 3.83. The molecule has 1 saturated heterocycles. The minimum absolute atomic E-state index is 0.212. The van der Waals surface area contributed by atoms with Gasteiger partial charge in [-0.05, 0) is 18.9 Å². The van der Waals surface area contributed by atoms with Crippen LogP contribution in [0.2, 0.25) is 0 Å². The molecule has 1 aliphatic rings. The maximum atomic E-state index is 11.4. The fourth-order valence-corrected chi connectivity index (χ4v) is 1.33. The first-order chi connectivity index (χ1) is 5.70. The van der Waals surface area contributed by atoms with Crippen molar-refractivity contribution in [2.24, 2.45) is 11.8 Å². The fraction of sp³-hybridized carbons (Fsp3) is 0.889. The number of nitrogens with one attached hydrogen (secondary N) is 2. The molecular weight excluding hydrogens is 152 g/mol. The van der Waals surface area contributed by atoms with Gasteiger partial charge in [-0.1, -0.05) is 13.8 Å². The Kier molecular flexibility index (Phi) is 3.53. The van der Waals surface area contributed by atoms with Crippen molar-refractivity contribution < 1.29 is 4.79 Å². The highest BCUT2D eigenvalue weighted by Gasteiger charge is 2.21. The van der Waals surface area contributed by atoms with Gasteiger partial charge >= 0.3 is 0 Å². The molecule has 1 atom stereocenters. The van der Waals surface area contributed by atoms with E-state index in [1.165, 1.54) is 0 Å². The first-order valence-electron chi connectivity index (χ1n) is 4.68. The van der Waals surface area contributed by atoms with Gasteiger partial charge in [-0.2, -0.15) is 0 Å². The predicted molar refractivity (Wildman–Crippen MR) is 48.8 cm³/mol. The van der Waals surface area contributed by atoms with Crippen LogP contribution in [0.3, 0.4) is 0 Å². The molecule has 0 unspecified atom stereocenters. The number of hydrogen-bond acceptors (Lipinski definition) is 2. The van der Waals surface area contributed by atoms with E-state index < -0.39 is 0 Å². The molecule has 12 heavy (non-hydrogen) atoms. The van der Waals surface area contributed by atoms with Crippen molar-refractivity contribution in [3.63, 3.8) is 0 Å². The maximum Gasteiger partial charge on any atom is 0.224 e. The molecule has 2 N–H and O–H groups in total. The van der Waals surface area contributed by atoms with Crippen LogP contribution in [0, 0.1) is 11.8 Å². The molecular formula is C9H18N2O. The molecule has 0 aromatic heterocycles. The van der Waals surface area contributed by atoms with Gasteiger partial charge in [-0.15, -0.1) is 0 Å². The lowest BCUT2D eigenvalue weighted by atomic mass is 10.1. The third kappa shape index (κ3) is 2.81. The quantitative estimate of drug-likeness (QED) is 0.642. The highest BCUT2D eigenvalue weighted by molar-refractivity contribution is 5.79. The van der Waals surface area contributed by atoms with Crippen LogP contribution in [0.1, 0.15) is 20.3 Å². The van der Waals surface area contributed by atoms with Crippen molar-refractivity contribution >= 4 is 5.91 Å². The summed E-state index contributed by atoms with van der Waals surface area (Å²) in [6.07, 6.45) is 0.990. The van der Waals surface area contributed by atoms with Gasteiger partial charge in [-0.25, -0.2) is 0 Å². The van der Waals surface area contributed by atoms with Gasteiger partial charge in [0.1, 0.15) is 0 Å². The highest BCUT2D eigenvalue weighted by Crippen LogP contribution is 2.06. The summed E-state index contributed by atoms with van der Waals surface area (Å²) in [6.45, 7) is 6.85. The van der Waals surface area contributed by atoms with Gasteiger partial charge < -0.3 is 10.6 Å². The van der Waals surface area contributed by atoms with E-state index >= 15 is 0 Å². The van der Waals surface area contributed by atoms with Crippen LogP contribution in [0.15, 0.2) is 0 Å². The van der Waals surface area contributed by atoms with Crippen molar-refractivity contribution in [1.29, 1.82) is 0 Å². The zero-order valence-corrected chi connectivity index (χ0v) is 7.89. The Labute approximate surface area is 73.9 Å². The summed E-state index contributed by atoms with van der Waals surface area (Å²) in [5.74, 6) is 0.973. The van der Waals surface area contributed by atoms with Crippen LogP contribution in [-0.4, -0.2) is 25.5 Å². The second-order valence-corrected chi connectivity index (χ2v) is 3.83. The topological polar surface area (TPSA) is 41.1 Å². The number of rotatable bonds is 3. The highest BCUT2D eigenvalue weighted by atomic mass is 16.1. The Morgan fingerprint density at radius 3 is 2.92 bits per heavy atom. The number of carbonyl (C=O) groups is 1. The average molecular weight is 170 g/mol. The second kappa shape index (κ2) is 4.45. The van der Waals surface area contributed by atoms with Crippen LogP contribution in [0.4, 0.5) is 0 Å². The molecule has 0 radical (unpaired) electrons. The Balaban J connectivity index is 2.18. The number of amides is 1. The maximum absolute atomic E-state index is 11.4. The smallest absolute Gasteiger partial charge is 0.224 e. The van der Waals surface area contributed by atoms with Crippen LogP contribution in [0.25, 0.3) is 0 Å². The molecule has 0 aliphatic carbocycles. The summed E-state index contributed by atoms with van der Waals surface area (Å²) >= 11 is 0. The minimum atomic E-state index is 0.212. The monoisotopic (exact) mass is 170 g/mol. The molecule has 0 saturated carbocycles. The van der Waals surface area contributed by atoms with Crippen LogP contribution < -0.4 is 10.6 Å². The molecule has 1 fully saturated rings. The third-order valence-electron chi connectivity index (χ3n) is 2.12. The van der Waals surface area contributed by atoms with Crippen molar-refractivity contribution in [1.82, 2.24) is 10.6 Å². The Morgan fingerprint density at radius 2 is 2.42 bits per heavy atom. The lowest BCUT2D eigenvalue weighted by molar-refractivity contribution is -0.124. The van der Waals surface area contributed by atoms with Crippen molar-refractivity contribution in [3.8, 4) is 0 Å². The summed E-state index contributed by atoms with van der Waals surface area (Å²) in [7, 11) is 0. The standard InChI is InChI=1S/C9H18N2O/c1-7(2)5-11-9(12)8-3-4-10-6-8/h7-8,10H,3-6H2,1-2H3,(H,11,12)/t8-/m0/s1. The minimum Gasteiger partial charge on any atom is -0.356 e. The predicted octanol–water partition coefficient (Wildman–Crippen LogP) is 0.368. The van der Waals surface area contributed by atoms with Gasteiger partial charge in [0.25, 0.3) is 0 Å². The van der Waals surface area contributed by atoms with Gasteiger partial charge in [0.2, 0.25) is 5.91 Å². The van der Waals surface area contributed by atoms with E-state index in [1.54, 1.807) is 0 Å². The Bertz CT molecular complexity index is 151. The largest absolute Gasteiger partial charge is 0.356 e.